The van der Waals surface area contributed by atoms with Gasteiger partial charge in [0.2, 0.25) is 0 Å². The van der Waals surface area contributed by atoms with Gasteiger partial charge in [-0.25, -0.2) is 17.6 Å². The molecule has 4 rings (SSSR count). The summed E-state index contributed by atoms with van der Waals surface area (Å²) >= 11 is 0. The topological polar surface area (TPSA) is 9.23 Å². The van der Waals surface area contributed by atoms with Crippen LogP contribution in [-0.4, -0.2) is 6.18 Å². The molecule has 1 aliphatic carbocycles. The molecule has 0 heterocycles. The van der Waals surface area contributed by atoms with Crippen molar-refractivity contribution in [3.63, 3.8) is 0 Å². The molecule has 0 aromatic heterocycles. The predicted molar refractivity (Wildman–Crippen MR) is 146 cm³/mol. The second-order valence-corrected chi connectivity index (χ2v) is 10.9. The highest BCUT2D eigenvalue weighted by Crippen LogP contribution is 2.42. The third-order valence-corrected chi connectivity index (χ3v) is 7.77. The number of ether oxygens (including phenoxy) is 1. The molecule has 1 nitrogen and oxygen atoms in total. The second-order valence-electron chi connectivity index (χ2n) is 10.9. The van der Waals surface area contributed by atoms with E-state index in [2.05, 4.69) is 11.7 Å². The van der Waals surface area contributed by atoms with Crippen molar-refractivity contribution in [2.75, 3.05) is 0 Å². The lowest BCUT2D eigenvalue weighted by atomic mass is 9.78. The number of alkyl halides is 5. The molecule has 1 fully saturated rings. The first-order chi connectivity index (χ1) is 20.3. The molecule has 0 atom stereocenters. The summed E-state index contributed by atoms with van der Waals surface area (Å²) in [6, 6.07) is 11.4. The molecule has 0 aliphatic heterocycles. The Morgan fingerprint density at radius 2 is 1.42 bits per heavy atom. The van der Waals surface area contributed by atoms with Crippen LogP contribution in [0, 0.1) is 23.4 Å². The minimum absolute atomic E-state index is 0.0521. The fourth-order valence-electron chi connectivity index (χ4n) is 5.52. The van der Waals surface area contributed by atoms with Gasteiger partial charge in [-0.05, 0) is 84.9 Å². The first-order valence-corrected chi connectivity index (χ1v) is 14.2. The van der Waals surface area contributed by atoms with E-state index in [1.165, 1.54) is 6.07 Å². The van der Waals surface area contributed by atoms with Crippen LogP contribution >= 0.6 is 0 Å². The number of rotatable bonds is 10. The van der Waals surface area contributed by atoms with E-state index in [-0.39, 0.29) is 42.9 Å². The Kier molecular flexibility index (Phi) is 10.2. The summed E-state index contributed by atoms with van der Waals surface area (Å²) in [5.41, 5.74) is 0.0383. The van der Waals surface area contributed by atoms with Crippen LogP contribution in [-0.2, 0) is 12.5 Å². The van der Waals surface area contributed by atoms with Gasteiger partial charge in [0.15, 0.2) is 0 Å². The summed E-state index contributed by atoms with van der Waals surface area (Å²) in [5, 5.41) is 0. The summed E-state index contributed by atoms with van der Waals surface area (Å²) in [4.78, 5) is 0. The van der Waals surface area contributed by atoms with Crippen molar-refractivity contribution in [2.45, 2.75) is 76.5 Å². The molecule has 0 bridgehead atoms. The van der Waals surface area contributed by atoms with E-state index < -0.39 is 58.7 Å². The van der Waals surface area contributed by atoms with Gasteiger partial charge in [0.1, 0.15) is 34.6 Å². The molecule has 43 heavy (non-hydrogen) atoms. The van der Waals surface area contributed by atoms with Crippen LogP contribution in [0.3, 0.4) is 0 Å². The highest BCUT2D eigenvalue weighted by atomic mass is 19.4. The smallest absolute Gasteiger partial charge is 0.429 e. The van der Waals surface area contributed by atoms with E-state index in [9.17, 15) is 39.5 Å². The number of hydrogen-bond acceptors (Lipinski definition) is 1. The van der Waals surface area contributed by atoms with Gasteiger partial charge < -0.3 is 4.74 Å². The molecule has 1 saturated carbocycles. The normalized spacial score (nSPS) is 18.1. The quantitative estimate of drug-likeness (QED) is 0.163. The Hall–Kier alpha value is -3.43. The van der Waals surface area contributed by atoms with Crippen LogP contribution in [0.15, 0.2) is 66.5 Å². The summed E-state index contributed by atoms with van der Waals surface area (Å²) < 4.78 is 130. The van der Waals surface area contributed by atoms with E-state index in [1.54, 1.807) is 12.1 Å². The van der Waals surface area contributed by atoms with E-state index in [0.29, 0.717) is 11.6 Å². The van der Waals surface area contributed by atoms with Gasteiger partial charge in [-0.1, -0.05) is 50.1 Å². The van der Waals surface area contributed by atoms with Gasteiger partial charge in [-0.15, -0.1) is 0 Å². The molecule has 0 N–H and O–H groups in total. The van der Waals surface area contributed by atoms with Crippen LogP contribution < -0.4 is 4.74 Å². The Morgan fingerprint density at radius 1 is 0.791 bits per heavy atom. The van der Waals surface area contributed by atoms with Crippen molar-refractivity contribution in [3.05, 3.63) is 101 Å². The highest BCUT2D eigenvalue weighted by Gasteiger charge is 2.41. The van der Waals surface area contributed by atoms with Gasteiger partial charge in [-0.3, -0.25) is 0 Å². The van der Waals surface area contributed by atoms with Crippen molar-refractivity contribution in [1.29, 1.82) is 0 Å². The number of hydrogen-bond donors (Lipinski definition) is 0. The van der Waals surface area contributed by atoms with Crippen molar-refractivity contribution >= 4 is 0 Å². The molecular weight excluding hydrogens is 583 g/mol. The standard InChI is InChI=1S/C33H31F9O/c1-2-3-4-5-20-6-8-21(9-7-20)24-16-28(35)31(29(36)17-24)33(41,42)43-25-14-15-26(27(34)18-25)22-10-12-23(13-11-22)30(37)19-32(38,39)40/h6-9,14-19,22-23H,2-5,10-13H2,1H3. The van der Waals surface area contributed by atoms with Crippen LogP contribution in [0.25, 0.3) is 11.1 Å². The number of benzene rings is 3. The van der Waals surface area contributed by atoms with Gasteiger partial charge in [0.25, 0.3) is 0 Å². The second kappa shape index (κ2) is 13.5. The summed E-state index contributed by atoms with van der Waals surface area (Å²) in [5.74, 6) is -7.37. The van der Waals surface area contributed by atoms with Crippen LogP contribution in [0.1, 0.15) is 74.5 Å². The Bertz CT molecular complexity index is 1400. The fourth-order valence-corrected chi connectivity index (χ4v) is 5.52. The Morgan fingerprint density at radius 3 is 1.98 bits per heavy atom. The van der Waals surface area contributed by atoms with E-state index in [0.717, 1.165) is 49.4 Å². The largest absolute Gasteiger partial charge is 0.432 e. The van der Waals surface area contributed by atoms with Gasteiger partial charge in [0.05, 0.1) is 6.08 Å². The fraction of sp³-hybridized carbons (Fsp3) is 0.394. The molecule has 0 radical (unpaired) electrons. The lowest BCUT2D eigenvalue weighted by Crippen LogP contribution is -2.25. The van der Waals surface area contributed by atoms with Crippen molar-refractivity contribution in [3.8, 4) is 16.9 Å². The van der Waals surface area contributed by atoms with Gasteiger partial charge >= 0.3 is 12.3 Å². The lowest BCUT2D eigenvalue weighted by molar-refractivity contribution is -0.189. The predicted octanol–water partition coefficient (Wildman–Crippen LogP) is 11.3. The molecule has 0 spiro atoms. The maximum atomic E-state index is 15.0. The third kappa shape index (κ3) is 8.36. The zero-order valence-corrected chi connectivity index (χ0v) is 23.4. The van der Waals surface area contributed by atoms with Crippen LogP contribution in [0.4, 0.5) is 39.5 Å². The first kappa shape index (κ1) is 32.5. The SMILES string of the molecule is CCCCCc1ccc(-c2cc(F)c(C(F)(F)Oc3ccc(C4CCC(C(F)=CC(F)(F)F)CC4)c(F)c3)c(F)c2)cc1. The number of unbranched alkanes of at least 4 members (excludes halogenated alkanes) is 2. The molecule has 1 aliphatic rings. The maximum Gasteiger partial charge on any atom is 0.432 e. The molecule has 10 heteroatoms. The maximum absolute atomic E-state index is 15.0. The number of aryl methyl sites for hydroxylation is 1. The Labute approximate surface area is 244 Å². The zero-order valence-electron chi connectivity index (χ0n) is 23.4. The van der Waals surface area contributed by atoms with Crippen LogP contribution in [0.2, 0.25) is 0 Å². The van der Waals surface area contributed by atoms with E-state index >= 15 is 0 Å². The van der Waals surface area contributed by atoms with Crippen molar-refractivity contribution < 1.29 is 44.3 Å². The van der Waals surface area contributed by atoms with E-state index in [4.69, 9.17) is 0 Å². The van der Waals surface area contributed by atoms with Crippen molar-refractivity contribution in [1.82, 2.24) is 0 Å². The summed E-state index contributed by atoms with van der Waals surface area (Å²) in [6.07, 6.45) is -5.17. The molecule has 3 aromatic carbocycles. The summed E-state index contributed by atoms with van der Waals surface area (Å²) in [6.45, 7) is 2.09. The average molecular weight is 615 g/mol. The Balaban J connectivity index is 1.44. The van der Waals surface area contributed by atoms with Crippen molar-refractivity contribution in [2.24, 2.45) is 5.92 Å². The first-order valence-electron chi connectivity index (χ1n) is 14.2. The van der Waals surface area contributed by atoms with Crippen LogP contribution in [0.5, 0.6) is 5.75 Å². The zero-order chi connectivity index (χ0) is 31.4. The molecule has 0 amide bonds. The van der Waals surface area contributed by atoms with Gasteiger partial charge in [-0.2, -0.15) is 22.0 Å². The van der Waals surface area contributed by atoms with E-state index in [1.807, 2.05) is 12.1 Å². The monoisotopic (exact) mass is 614 g/mol. The minimum atomic E-state index is -4.78. The number of halogens is 9. The summed E-state index contributed by atoms with van der Waals surface area (Å²) in [7, 11) is 0. The highest BCUT2D eigenvalue weighted by molar-refractivity contribution is 5.64. The number of allylic oxidation sites excluding steroid dienone is 2. The molecule has 3 aromatic rings. The third-order valence-electron chi connectivity index (χ3n) is 7.77. The molecule has 0 saturated heterocycles. The average Bonchev–Trinajstić information content (AvgIpc) is 2.92. The van der Waals surface area contributed by atoms with Gasteiger partial charge in [0, 0.05) is 12.0 Å². The lowest BCUT2D eigenvalue weighted by Gasteiger charge is -2.28. The molecule has 0 unspecified atom stereocenters. The molecule has 232 valence electrons. The minimum Gasteiger partial charge on any atom is -0.429 e. The molecular formula is C33H31F9O.